The van der Waals surface area contributed by atoms with E-state index in [2.05, 4.69) is 20.3 Å². The Balaban J connectivity index is 1.82. The van der Waals surface area contributed by atoms with Crippen LogP contribution >= 0.6 is 0 Å². The lowest BCUT2D eigenvalue weighted by Crippen LogP contribution is -2.09. The van der Waals surface area contributed by atoms with Crippen LogP contribution in [0.4, 0.5) is 8.78 Å². The van der Waals surface area contributed by atoms with E-state index in [9.17, 15) is 8.78 Å². The fourth-order valence-corrected chi connectivity index (χ4v) is 2.19. The third-order valence-corrected chi connectivity index (χ3v) is 3.23. The van der Waals surface area contributed by atoms with Crippen LogP contribution in [-0.2, 0) is 0 Å². The minimum Gasteiger partial charge on any atom is -0.332 e. The fraction of sp³-hybridized carbons (Fsp3) is 0.500. The zero-order chi connectivity index (χ0) is 13.5. The zero-order valence-electron chi connectivity index (χ0n) is 10.3. The standard InChI is InChI=1S/C12H12F2N4O/c1-7-2-3-9(17-16-7)11-15-10(18-19-11)8-4-5-12(13,14)6-8/h2-3,8H,4-6H2,1H3. The molecular weight excluding hydrogens is 254 g/mol. The molecule has 2 heterocycles. The third-order valence-electron chi connectivity index (χ3n) is 3.23. The quantitative estimate of drug-likeness (QED) is 0.836. The molecule has 0 aliphatic heterocycles. The predicted octanol–water partition coefficient (Wildman–Crippen LogP) is 2.74. The Hall–Kier alpha value is -1.92. The van der Waals surface area contributed by atoms with Crippen molar-refractivity contribution in [1.82, 2.24) is 20.3 Å². The summed E-state index contributed by atoms with van der Waals surface area (Å²) in [5.41, 5.74) is 1.23. The maximum atomic E-state index is 13.1. The van der Waals surface area contributed by atoms with Gasteiger partial charge in [-0.05, 0) is 25.5 Å². The van der Waals surface area contributed by atoms with Crippen LogP contribution in [0, 0.1) is 6.92 Å². The van der Waals surface area contributed by atoms with Gasteiger partial charge in [0.2, 0.25) is 5.92 Å². The van der Waals surface area contributed by atoms with Gasteiger partial charge >= 0.3 is 0 Å². The Bertz CT molecular complexity index is 582. The molecule has 0 radical (unpaired) electrons. The minimum atomic E-state index is -2.62. The average Bonchev–Trinajstić information content (AvgIpc) is 2.96. The molecule has 1 atom stereocenters. The summed E-state index contributed by atoms with van der Waals surface area (Å²) in [6.07, 6.45) is 0.0446. The Morgan fingerprint density at radius 1 is 1.32 bits per heavy atom. The van der Waals surface area contributed by atoms with Crippen LogP contribution in [0.25, 0.3) is 11.6 Å². The van der Waals surface area contributed by atoms with Crippen LogP contribution in [0.15, 0.2) is 16.7 Å². The molecule has 0 amide bonds. The monoisotopic (exact) mass is 266 g/mol. The third kappa shape index (κ3) is 2.45. The highest BCUT2D eigenvalue weighted by Gasteiger charge is 2.41. The van der Waals surface area contributed by atoms with Crippen LogP contribution in [-0.4, -0.2) is 26.3 Å². The molecule has 0 spiro atoms. The highest BCUT2D eigenvalue weighted by Crippen LogP contribution is 2.43. The van der Waals surface area contributed by atoms with Gasteiger partial charge in [-0.3, -0.25) is 0 Å². The number of aromatic nitrogens is 4. The van der Waals surface area contributed by atoms with Gasteiger partial charge in [-0.1, -0.05) is 5.16 Å². The first-order valence-corrected chi connectivity index (χ1v) is 6.06. The number of aryl methyl sites for hydroxylation is 1. The summed E-state index contributed by atoms with van der Waals surface area (Å²) in [6, 6.07) is 3.48. The highest BCUT2D eigenvalue weighted by atomic mass is 19.3. The Kier molecular flexibility index (Phi) is 2.76. The van der Waals surface area contributed by atoms with Crippen molar-refractivity contribution in [2.75, 3.05) is 0 Å². The van der Waals surface area contributed by atoms with Crippen molar-refractivity contribution >= 4 is 0 Å². The maximum absolute atomic E-state index is 13.1. The van der Waals surface area contributed by atoms with Gasteiger partial charge in [-0.2, -0.15) is 10.1 Å². The van der Waals surface area contributed by atoms with E-state index in [1.807, 2.05) is 6.92 Å². The van der Waals surface area contributed by atoms with Crippen LogP contribution in [0.2, 0.25) is 0 Å². The molecule has 0 bridgehead atoms. The lowest BCUT2D eigenvalue weighted by Gasteiger charge is -2.06. The summed E-state index contributed by atoms with van der Waals surface area (Å²) in [5.74, 6) is -2.41. The van der Waals surface area contributed by atoms with Gasteiger partial charge in [0.25, 0.3) is 5.89 Å². The van der Waals surface area contributed by atoms with Crippen LogP contribution < -0.4 is 0 Å². The number of halogens is 2. The van der Waals surface area contributed by atoms with Crippen LogP contribution in [0.5, 0.6) is 0 Å². The van der Waals surface area contributed by atoms with Crippen LogP contribution in [0.3, 0.4) is 0 Å². The van der Waals surface area contributed by atoms with E-state index < -0.39 is 5.92 Å². The Morgan fingerprint density at radius 3 is 2.79 bits per heavy atom. The first-order valence-electron chi connectivity index (χ1n) is 6.06. The summed E-state index contributed by atoms with van der Waals surface area (Å²) in [5, 5.41) is 11.6. The van der Waals surface area contributed by atoms with E-state index in [4.69, 9.17) is 4.52 Å². The largest absolute Gasteiger partial charge is 0.332 e. The molecule has 1 aliphatic carbocycles. The first-order chi connectivity index (χ1) is 9.03. The molecule has 3 rings (SSSR count). The van der Waals surface area contributed by atoms with Gasteiger partial charge in [-0.15, -0.1) is 5.10 Å². The molecule has 19 heavy (non-hydrogen) atoms. The lowest BCUT2D eigenvalue weighted by molar-refractivity contribution is 0.00749. The lowest BCUT2D eigenvalue weighted by atomic mass is 10.1. The van der Waals surface area contributed by atoms with Gasteiger partial charge < -0.3 is 4.52 Å². The summed E-state index contributed by atoms with van der Waals surface area (Å²) in [6.45, 7) is 1.82. The molecule has 2 aromatic heterocycles. The molecule has 1 aliphatic rings. The number of rotatable bonds is 2. The molecule has 0 N–H and O–H groups in total. The van der Waals surface area contributed by atoms with E-state index in [0.717, 1.165) is 5.69 Å². The van der Waals surface area contributed by atoms with Gasteiger partial charge in [0, 0.05) is 18.8 Å². The van der Waals surface area contributed by atoms with Crippen molar-refractivity contribution in [2.45, 2.75) is 38.0 Å². The SMILES string of the molecule is Cc1ccc(-c2nc(C3CCC(F)(F)C3)no2)nn1. The van der Waals surface area contributed by atoms with Crippen molar-refractivity contribution in [3.05, 3.63) is 23.7 Å². The summed E-state index contributed by atoms with van der Waals surface area (Å²) in [7, 11) is 0. The second-order valence-electron chi connectivity index (χ2n) is 4.81. The predicted molar refractivity (Wildman–Crippen MR) is 61.6 cm³/mol. The van der Waals surface area contributed by atoms with Crippen molar-refractivity contribution in [3.63, 3.8) is 0 Å². The molecule has 1 unspecified atom stereocenters. The second-order valence-corrected chi connectivity index (χ2v) is 4.81. The van der Waals surface area contributed by atoms with Crippen molar-refractivity contribution in [3.8, 4) is 11.6 Å². The van der Waals surface area contributed by atoms with Crippen molar-refractivity contribution in [2.24, 2.45) is 0 Å². The molecule has 2 aromatic rings. The number of hydrogen-bond acceptors (Lipinski definition) is 5. The molecule has 100 valence electrons. The van der Waals surface area contributed by atoms with Gasteiger partial charge in [0.05, 0.1) is 5.69 Å². The normalized spacial score (nSPS) is 21.7. The molecule has 5 nitrogen and oxygen atoms in total. The van der Waals surface area contributed by atoms with E-state index in [0.29, 0.717) is 17.9 Å². The molecule has 1 saturated carbocycles. The first kappa shape index (κ1) is 12.1. The number of nitrogens with zero attached hydrogens (tertiary/aromatic N) is 4. The number of hydrogen-bond donors (Lipinski definition) is 0. The highest BCUT2D eigenvalue weighted by molar-refractivity contribution is 5.45. The zero-order valence-corrected chi connectivity index (χ0v) is 10.3. The van der Waals surface area contributed by atoms with E-state index >= 15 is 0 Å². The second kappa shape index (κ2) is 4.32. The molecular formula is C12H12F2N4O. The van der Waals surface area contributed by atoms with Crippen LogP contribution in [0.1, 0.15) is 36.7 Å². The smallest absolute Gasteiger partial charge is 0.278 e. The maximum Gasteiger partial charge on any atom is 0.278 e. The Labute approximate surface area is 108 Å². The molecule has 0 saturated heterocycles. The van der Waals surface area contributed by atoms with E-state index in [1.165, 1.54) is 0 Å². The van der Waals surface area contributed by atoms with E-state index in [-0.39, 0.29) is 24.7 Å². The topological polar surface area (TPSA) is 64.7 Å². The van der Waals surface area contributed by atoms with Gasteiger partial charge in [0.1, 0.15) is 0 Å². The average molecular weight is 266 g/mol. The molecule has 0 aromatic carbocycles. The Morgan fingerprint density at radius 2 is 2.16 bits per heavy atom. The summed E-state index contributed by atoms with van der Waals surface area (Å²) < 4.78 is 31.4. The van der Waals surface area contributed by atoms with Gasteiger partial charge in [-0.25, -0.2) is 8.78 Å². The van der Waals surface area contributed by atoms with Crippen molar-refractivity contribution < 1.29 is 13.3 Å². The molecule has 7 heteroatoms. The van der Waals surface area contributed by atoms with Gasteiger partial charge in [0.15, 0.2) is 11.5 Å². The minimum absolute atomic E-state index is 0.119. The molecule has 1 fully saturated rings. The summed E-state index contributed by atoms with van der Waals surface area (Å²) in [4.78, 5) is 4.14. The summed E-state index contributed by atoms with van der Waals surface area (Å²) >= 11 is 0. The fourth-order valence-electron chi connectivity index (χ4n) is 2.19. The van der Waals surface area contributed by atoms with E-state index in [1.54, 1.807) is 12.1 Å². The van der Waals surface area contributed by atoms with Crippen molar-refractivity contribution in [1.29, 1.82) is 0 Å². The number of alkyl halides is 2.